The molecule has 3 aliphatic rings. The number of piperidine rings is 1. The Bertz CT molecular complexity index is 964. The second kappa shape index (κ2) is 8.70. The van der Waals surface area contributed by atoms with Crippen molar-refractivity contribution in [1.82, 2.24) is 14.9 Å². The van der Waals surface area contributed by atoms with Crippen molar-refractivity contribution in [3.05, 3.63) is 47.7 Å². The summed E-state index contributed by atoms with van der Waals surface area (Å²) in [5.74, 6) is 2.14. The van der Waals surface area contributed by atoms with Crippen molar-refractivity contribution >= 4 is 17.7 Å². The summed E-state index contributed by atoms with van der Waals surface area (Å²) >= 11 is 0. The minimum absolute atomic E-state index is 0.0174. The molecule has 0 aliphatic carbocycles. The fraction of sp³-hybridized carbons (Fsp3) is 0.560. The third-order valence-corrected chi connectivity index (χ3v) is 7.40. The van der Waals surface area contributed by atoms with Gasteiger partial charge in [-0.3, -0.25) is 4.79 Å². The van der Waals surface area contributed by atoms with Gasteiger partial charge in [-0.1, -0.05) is 24.3 Å². The van der Waals surface area contributed by atoms with E-state index in [-0.39, 0.29) is 11.3 Å². The molecule has 5 rings (SSSR count). The van der Waals surface area contributed by atoms with Crippen LogP contribution in [0.2, 0.25) is 0 Å². The van der Waals surface area contributed by atoms with Crippen LogP contribution in [0.4, 0.5) is 11.8 Å². The Labute approximate surface area is 190 Å². The largest absolute Gasteiger partial charge is 0.381 e. The normalized spacial score (nSPS) is 20.8. The van der Waals surface area contributed by atoms with E-state index in [2.05, 4.69) is 39.0 Å². The van der Waals surface area contributed by atoms with Crippen LogP contribution in [0.5, 0.6) is 0 Å². The molecule has 0 N–H and O–H groups in total. The van der Waals surface area contributed by atoms with Crippen LogP contribution in [-0.4, -0.2) is 67.7 Å². The van der Waals surface area contributed by atoms with Crippen molar-refractivity contribution in [2.45, 2.75) is 37.6 Å². The summed E-state index contributed by atoms with van der Waals surface area (Å²) in [5, 5.41) is 0. The fourth-order valence-electron chi connectivity index (χ4n) is 5.57. The fourth-order valence-corrected chi connectivity index (χ4v) is 5.57. The molecule has 0 unspecified atom stereocenters. The molecule has 0 radical (unpaired) electrons. The highest BCUT2D eigenvalue weighted by Gasteiger charge is 2.44. The second-order valence-corrected chi connectivity index (χ2v) is 9.61. The predicted molar refractivity (Wildman–Crippen MR) is 125 cm³/mol. The lowest BCUT2D eigenvalue weighted by Gasteiger charge is -2.49. The van der Waals surface area contributed by atoms with Gasteiger partial charge in [-0.25, -0.2) is 4.98 Å². The Kier molecular flexibility index (Phi) is 5.76. The number of hydrogen-bond donors (Lipinski definition) is 0. The van der Waals surface area contributed by atoms with Crippen molar-refractivity contribution in [2.75, 3.05) is 56.7 Å². The predicted octanol–water partition coefficient (Wildman–Crippen LogP) is 2.85. The van der Waals surface area contributed by atoms with Gasteiger partial charge in [0.15, 0.2) is 0 Å². The molecule has 1 spiro atoms. The van der Waals surface area contributed by atoms with Crippen LogP contribution >= 0.6 is 0 Å². The minimum Gasteiger partial charge on any atom is -0.381 e. The van der Waals surface area contributed by atoms with Gasteiger partial charge < -0.3 is 19.4 Å². The third-order valence-electron chi connectivity index (χ3n) is 7.40. The Morgan fingerprint density at radius 3 is 2.62 bits per heavy atom. The molecular weight excluding hydrogens is 402 g/mol. The van der Waals surface area contributed by atoms with E-state index >= 15 is 0 Å². The zero-order chi connectivity index (χ0) is 22.1. The summed E-state index contributed by atoms with van der Waals surface area (Å²) in [6.45, 7) is 4.81. The van der Waals surface area contributed by atoms with E-state index in [1.807, 2.05) is 31.3 Å². The van der Waals surface area contributed by atoms with Gasteiger partial charge in [-0.15, -0.1) is 0 Å². The molecule has 1 aromatic heterocycles. The number of rotatable bonds is 3. The number of fused-ring (bicyclic) bond motifs is 2. The molecule has 2 saturated heterocycles. The SMILES string of the molecule is CN(C)c1nccc(N2CCC3(CC2)CN(C(=O)C2CCOCC2)Cc2ccccc23)n1. The van der Waals surface area contributed by atoms with E-state index in [1.54, 1.807) is 0 Å². The van der Waals surface area contributed by atoms with Crippen molar-refractivity contribution in [2.24, 2.45) is 5.92 Å². The molecule has 3 aliphatic heterocycles. The maximum absolute atomic E-state index is 13.4. The topological polar surface area (TPSA) is 61.8 Å². The molecule has 0 bridgehead atoms. The van der Waals surface area contributed by atoms with Crippen LogP contribution < -0.4 is 9.80 Å². The summed E-state index contributed by atoms with van der Waals surface area (Å²) < 4.78 is 5.49. The first-order valence-electron chi connectivity index (χ1n) is 11.8. The maximum Gasteiger partial charge on any atom is 0.226 e. The molecule has 0 atom stereocenters. The number of hydrogen-bond acceptors (Lipinski definition) is 6. The first-order valence-corrected chi connectivity index (χ1v) is 11.8. The number of anilines is 2. The van der Waals surface area contributed by atoms with Gasteiger partial charge in [0, 0.05) is 71.0 Å². The first kappa shape index (κ1) is 21.2. The Morgan fingerprint density at radius 1 is 1.12 bits per heavy atom. The van der Waals surface area contributed by atoms with Crippen molar-refractivity contribution in [3.8, 4) is 0 Å². The summed E-state index contributed by atoms with van der Waals surface area (Å²) in [6.07, 6.45) is 5.57. The lowest BCUT2D eigenvalue weighted by Crippen LogP contribution is -2.54. The van der Waals surface area contributed by atoms with E-state index in [1.165, 1.54) is 11.1 Å². The van der Waals surface area contributed by atoms with Gasteiger partial charge in [0.1, 0.15) is 5.82 Å². The molecule has 170 valence electrons. The van der Waals surface area contributed by atoms with Crippen molar-refractivity contribution < 1.29 is 9.53 Å². The quantitative estimate of drug-likeness (QED) is 0.739. The van der Waals surface area contributed by atoms with Crippen LogP contribution in [0.1, 0.15) is 36.8 Å². The van der Waals surface area contributed by atoms with Crippen LogP contribution in [-0.2, 0) is 21.5 Å². The van der Waals surface area contributed by atoms with Crippen LogP contribution in [0.25, 0.3) is 0 Å². The first-order chi connectivity index (χ1) is 15.6. The van der Waals surface area contributed by atoms with E-state index in [4.69, 9.17) is 9.72 Å². The average molecular weight is 436 g/mol. The van der Waals surface area contributed by atoms with Crippen molar-refractivity contribution in [3.63, 3.8) is 0 Å². The molecule has 2 aromatic rings. The number of carbonyl (C=O) groups excluding carboxylic acids is 1. The number of ether oxygens (including phenoxy) is 1. The smallest absolute Gasteiger partial charge is 0.226 e. The number of benzene rings is 1. The monoisotopic (exact) mass is 435 g/mol. The Morgan fingerprint density at radius 2 is 1.88 bits per heavy atom. The van der Waals surface area contributed by atoms with Gasteiger partial charge >= 0.3 is 0 Å². The van der Waals surface area contributed by atoms with Gasteiger partial charge in [0.05, 0.1) is 0 Å². The van der Waals surface area contributed by atoms with Crippen LogP contribution in [0, 0.1) is 5.92 Å². The van der Waals surface area contributed by atoms with Crippen molar-refractivity contribution in [1.29, 1.82) is 0 Å². The standard InChI is InChI=1S/C25H33N5O2/c1-28(2)24-26-12-7-22(27-24)29-13-10-25(11-14-29)18-30(17-20-5-3-4-6-21(20)25)23(31)19-8-15-32-16-9-19/h3-7,12,19H,8-11,13-18H2,1-2H3. The molecule has 1 amide bonds. The zero-order valence-electron chi connectivity index (χ0n) is 19.2. The molecule has 4 heterocycles. The highest BCUT2D eigenvalue weighted by Crippen LogP contribution is 2.43. The maximum atomic E-state index is 13.4. The van der Waals surface area contributed by atoms with E-state index in [9.17, 15) is 4.79 Å². The molecular formula is C25H33N5O2. The number of nitrogens with zero attached hydrogens (tertiary/aromatic N) is 5. The van der Waals surface area contributed by atoms with Crippen LogP contribution in [0.15, 0.2) is 36.5 Å². The molecule has 0 saturated carbocycles. The molecule has 7 heteroatoms. The van der Waals surface area contributed by atoms with Gasteiger partial charge in [0.25, 0.3) is 0 Å². The third kappa shape index (κ3) is 3.94. The van der Waals surface area contributed by atoms with E-state index in [0.29, 0.717) is 19.1 Å². The number of carbonyl (C=O) groups is 1. The highest BCUT2D eigenvalue weighted by atomic mass is 16.5. The summed E-state index contributed by atoms with van der Waals surface area (Å²) in [6, 6.07) is 10.8. The highest BCUT2D eigenvalue weighted by molar-refractivity contribution is 5.79. The minimum atomic E-state index is 0.0174. The van der Waals surface area contributed by atoms with E-state index < -0.39 is 0 Å². The van der Waals surface area contributed by atoms with Crippen LogP contribution in [0.3, 0.4) is 0 Å². The Hall–Kier alpha value is -2.67. The van der Waals surface area contributed by atoms with E-state index in [0.717, 1.165) is 63.6 Å². The number of aromatic nitrogens is 2. The number of amides is 1. The summed E-state index contributed by atoms with van der Waals surface area (Å²) in [5.41, 5.74) is 2.76. The Balaban J connectivity index is 1.37. The lowest BCUT2D eigenvalue weighted by molar-refractivity contribution is -0.141. The van der Waals surface area contributed by atoms with Gasteiger partial charge in [0.2, 0.25) is 11.9 Å². The zero-order valence-corrected chi connectivity index (χ0v) is 19.2. The summed E-state index contributed by atoms with van der Waals surface area (Å²) in [4.78, 5) is 29.0. The average Bonchev–Trinajstić information content (AvgIpc) is 2.84. The second-order valence-electron chi connectivity index (χ2n) is 9.61. The molecule has 2 fully saturated rings. The summed E-state index contributed by atoms with van der Waals surface area (Å²) in [7, 11) is 3.93. The van der Waals surface area contributed by atoms with Gasteiger partial charge in [-0.2, -0.15) is 4.98 Å². The molecule has 32 heavy (non-hydrogen) atoms. The lowest BCUT2D eigenvalue weighted by atomic mass is 9.68. The van der Waals surface area contributed by atoms with Gasteiger partial charge in [-0.05, 0) is 42.9 Å². The molecule has 1 aromatic carbocycles. The molecule has 7 nitrogen and oxygen atoms in total.